The Balaban J connectivity index is 2.08. The molecule has 0 spiro atoms. The topological polar surface area (TPSA) is 108 Å². The molecule has 2 unspecified atom stereocenters. The van der Waals surface area contributed by atoms with Crippen molar-refractivity contribution in [3.63, 3.8) is 0 Å². The van der Waals surface area contributed by atoms with E-state index < -0.39 is 35.5 Å². The molecule has 1 aliphatic rings. The van der Waals surface area contributed by atoms with Gasteiger partial charge in [-0.25, -0.2) is 4.79 Å². The minimum atomic E-state index is -1.89. The van der Waals surface area contributed by atoms with Gasteiger partial charge in [-0.1, -0.05) is 42.5 Å². The molecule has 1 fully saturated rings. The Morgan fingerprint density at radius 3 is 2.67 bits per heavy atom. The molecule has 2 aromatic carbocycles. The van der Waals surface area contributed by atoms with Crippen LogP contribution in [0.2, 0.25) is 0 Å². The van der Waals surface area contributed by atoms with E-state index in [1.54, 1.807) is 30.3 Å². The third kappa shape index (κ3) is 3.13. The smallest absolute Gasteiger partial charge is 0.334 e. The number of rotatable bonds is 4. The maximum atomic E-state index is 13.1. The van der Waals surface area contributed by atoms with E-state index in [2.05, 4.69) is 10.6 Å². The Kier molecular flexibility index (Phi) is 4.88. The van der Waals surface area contributed by atoms with Crippen molar-refractivity contribution in [1.29, 1.82) is 5.26 Å². The van der Waals surface area contributed by atoms with Crippen LogP contribution in [-0.2, 0) is 14.3 Å². The number of hydrogen-bond donors (Lipinski definition) is 2. The lowest BCUT2D eigenvalue weighted by Crippen LogP contribution is -2.70. The number of ketones is 1. The molecular weight excluding hydrogens is 366 g/mol. The summed E-state index contributed by atoms with van der Waals surface area (Å²) in [6, 6.07) is 14.3. The number of carbonyl (C=O) groups excluding carboxylic acids is 3. The number of esters is 1. The van der Waals surface area contributed by atoms with E-state index in [1.807, 2.05) is 18.2 Å². The predicted octanol–water partition coefficient (Wildman–Crippen LogP) is 1.47. The summed E-state index contributed by atoms with van der Waals surface area (Å²) in [7, 11) is 1.12. The second kappa shape index (κ2) is 7.13. The fraction of sp³-hybridized carbons (Fsp3) is 0.211. The van der Waals surface area contributed by atoms with Crippen molar-refractivity contribution in [2.45, 2.75) is 12.0 Å². The van der Waals surface area contributed by atoms with E-state index in [0.717, 1.165) is 12.5 Å². The van der Waals surface area contributed by atoms with Crippen LogP contribution < -0.4 is 10.6 Å². The number of nitrogens with zero attached hydrogens (tertiary/aromatic N) is 1. The Morgan fingerprint density at radius 1 is 1.26 bits per heavy atom. The molecule has 2 aromatic rings. The van der Waals surface area contributed by atoms with Gasteiger partial charge in [0.1, 0.15) is 0 Å². The van der Waals surface area contributed by atoms with Crippen LogP contribution >= 0.6 is 12.2 Å². The number of nitrogens with one attached hydrogen (secondary N) is 2. The van der Waals surface area contributed by atoms with Gasteiger partial charge in [0.2, 0.25) is 5.91 Å². The van der Waals surface area contributed by atoms with Gasteiger partial charge >= 0.3 is 5.97 Å². The normalized spacial score (nSPS) is 21.7. The molecule has 1 heterocycles. The molecule has 1 amide bonds. The van der Waals surface area contributed by atoms with Gasteiger partial charge in [0.15, 0.2) is 22.4 Å². The van der Waals surface area contributed by atoms with Crippen LogP contribution in [0.25, 0.3) is 10.8 Å². The molecule has 1 aliphatic heterocycles. The summed E-state index contributed by atoms with van der Waals surface area (Å²) < 4.78 is 4.80. The molecule has 1 saturated heterocycles. The number of nitriles is 1. The number of amides is 1. The van der Waals surface area contributed by atoms with Crippen molar-refractivity contribution >= 4 is 45.8 Å². The van der Waals surface area contributed by atoms with Crippen LogP contribution in [0.15, 0.2) is 42.5 Å². The highest BCUT2D eigenvalue weighted by Crippen LogP contribution is 2.30. The van der Waals surface area contributed by atoms with Crippen molar-refractivity contribution < 1.29 is 19.1 Å². The van der Waals surface area contributed by atoms with Crippen LogP contribution in [0.1, 0.15) is 16.8 Å². The monoisotopic (exact) mass is 381 g/mol. The van der Waals surface area contributed by atoms with Crippen molar-refractivity contribution in [1.82, 2.24) is 10.6 Å². The zero-order chi connectivity index (χ0) is 19.6. The van der Waals surface area contributed by atoms with Gasteiger partial charge < -0.3 is 15.4 Å². The number of Topliss-reactive ketones (excluding diaryl/α,β-unsaturated/α-hetero) is 1. The lowest BCUT2D eigenvalue weighted by Gasteiger charge is -2.38. The summed E-state index contributed by atoms with van der Waals surface area (Å²) in [5.41, 5.74) is -1.51. The number of thiocarbonyl (C=S) groups is 1. The van der Waals surface area contributed by atoms with E-state index in [1.165, 1.54) is 0 Å². The quantitative estimate of drug-likeness (QED) is 0.469. The van der Waals surface area contributed by atoms with E-state index in [0.29, 0.717) is 10.9 Å². The molecule has 0 saturated carbocycles. The summed E-state index contributed by atoms with van der Waals surface area (Å²) in [6.07, 6.45) is -0.459. The van der Waals surface area contributed by atoms with Gasteiger partial charge in [0, 0.05) is 12.0 Å². The number of hydrogen-bond acceptors (Lipinski definition) is 6. The number of methoxy groups -OCH3 is 1. The van der Waals surface area contributed by atoms with Crippen molar-refractivity contribution in [2.24, 2.45) is 5.92 Å². The van der Waals surface area contributed by atoms with Gasteiger partial charge in [-0.05, 0) is 23.0 Å². The Morgan fingerprint density at radius 2 is 1.96 bits per heavy atom. The molecule has 0 radical (unpaired) electrons. The molecule has 0 aliphatic carbocycles. The van der Waals surface area contributed by atoms with Gasteiger partial charge in [0.25, 0.3) is 0 Å². The Bertz CT molecular complexity index is 1010. The first-order valence-corrected chi connectivity index (χ1v) is 8.46. The first-order chi connectivity index (χ1) is 12.9. The molecule has 3 rings (SSSR count). The summed E-state index contributed by atoms with van der Waals surface area (Å²) in [5, 5.41) is 15.8. The number of ether oxygens (including phenoxy) is 1. The number of fused-ring (bicyclic) bond motifs is 1. The minimum absolute atomic E-state index is 0.136. The van der Waals surface area contributed by atoms with Crippen LogP contribution in [0, 0.1) is 17.2 Å². The highest BCUT2D eigenvalue weighted by Gasteiger charge is 2.55. The summed E-state index contributed by atoms with van der Waals surface area (Å²) in [6.45, 7) is 0. The van der Waals surface area contributed by atoms with E-state index in [4.69, 9.17) is 17.0 Å². The maximum Gasteiger partial charge on any atom is 0.334 e. The predicted molar refractivity (Wildman–Crippen MR) is 101 cm³/mol. The lowest BCUT2D eigenvalue weighted by molar-refractivity contribution is -0.152. The molecule has 0 aromatic heterocycles. The second-order valence-electron chi connectivity index (χ2n) is 6.10. The van der Waals surface area contributed by atoms with Crippen LogP contribution in [-0.4, -0.2) is 35.4 Å². The van der Waals surface area contributed by atoms with Crippen molar-refractivity contribution in [3.8, 4) is 6.07 Å². The second-order valence-corrected chi connectivity index (χ2v) is 6.50. The minimum Gasteiger partial charge on any atom is -0.467 e. The van der Waals surface area contributed by atoms with E-state index in [9.17, 15) is 19.6 Å². The Hall–Kier alpha value is -3.31. The third-order valence-electron chi connectivity index (χ3n) is 4.54. The SMILES string of the molecule is COC(=O)C1(CC(=O)c2cccc3ccccc23)NC(=S)NC(=O)C1C#N. The van der Waals surface area contributed by atoms with Crippen LogP contribution in [0.5, 0.6) is 0 Å². The molecule has 8 heteroatoms. The zero-order valence-electron chi connectivity index (χ0n) is 14.3. The molecular formula is C19H15N3O4S. The third-order valence-corrected chi connectivity index (χ3v) is 4.74. The van der Waals surface area contributed by atoms with Gasteiger partial charge in [0.05, 0.1) is 13.2 Å². The fourth-order valence-electron chi connectivity index (χ4n) is 3.27. The standard InChI is InChI=1S/C19H15N3O4S/c1-26-17(25)19(14(10-20)16(24)21-18(27)22-19)9-15(23)13-8-4-6-11-5-2-3-7-12(11)13/h2-8,14H,9H2,1H3,(H2,21,22,24,27). The molecule has 2 N–H and O–H groups in total. The maximum absolute atomic E-state index is 13.1. The van der Waals surface area contributed by atoms with Gasteiger partial charge in [-0.3, -0.25) is 9.59 Å². The zero-order valence-corrected chi connectivity index (χ0v) is 15.1. The van der Waals surface area contributed by atoms with Crippen molar-refractivity contribution in [3.05, 3.63) is 48.0 Å². The average molecular weight is 381 g/mol. The number of benzene rings is 2. The summed E-state index contributed by atoms with van der Waals surface area (Å²) in [5.74, 6) is -3.55. The van der Waals surface area contributed by atoms with Gasteiger partial charge in [-0.15, -0.1) is 0 Å². The molecule has 2 atom stereocenters. The number of carbonyl (C=O) groups is 3. The summed E-state index contributed by atoms with van der Waals surface area (Å²) in [4.78, 5) is 37.9. The first kappa shape index (κ1) is 18.5. The van der Waals surface area contributed by atoms with E-state index in [-0.39, 0.29) is 5.11 Å². The molecule has 136 valence electrons. The van der Waals surface area contributed by atoms with E-state index >= 15 is 0 Å². The average Bonchev–Trinajstić information content (AvgIpc) is 2.66. The highest BCUT2D eigenvalue weighted by atomic mass is 32.1. The molecule has 27 heavy (non-hydrogen) atoms. The fourth-order valence-corrected chi connectivity index (χ4v) is 3.55. The lowest BCUT2D eigenvalue weighted by atomic mass is 9.77. The Labute approximate surface area is 160 Å². The molecule has 0 bridgehead atoms. The summed E-state index contributed by atoms with van der Waals surface area (Å²) >= 11 is 4.97. The van der Waals surface area contributed by atoms with Crippen LogP contribution in [0.4, 0.5) is 0 Å². The first-order valence-electron chi connectivity index (χ1n) is 8.05. The van der Waals surface area contributed by atoms with Gasteiger partial charge in [-0.2, -0.15) is 5.26 Å². The largest absolute Gasteiger partial charge is 0.467 e. The van der Waals surface area contributed by atoms with Crippen molar-refractivity contribution in [2.75, 3.05) is 7.11 Å². The van der Waals surface area contributed by atoms with Crippen LogP contribution in [0.3, 0.4) is 0 Å². The molecule has 7 nitrogen and oxygen atoms in total. The highest BCUT2D eigenvalue weighted by molar-refractivity contribution is 7.80.